The maximum atomic E-state index is 12.4. The topological polar surface area (TPSA) is 91.3 Å². The number of sulfonamides is 1. The zero-order valence-corrected chi connectivity index (χ0v) is 18.4. The lowest BCUT2D eigenvalue weighted by Gasteiger charge is -2.36. The number of aromatic nitrogens is 3. The van der Waals surface area contributed by atoms with Crippen molar-refractivity contribution in [3.05, 3.63) is 35.6 Å². The number of thiophene rings is 1. The molecule has 2 aliphatic rings. The van der Waals surface area contributed by atoms with Crippen molar-refractivity contribution < 1.29 is 8.42 Å². The van der Waals surface area contributed by atoms with E-state index in [9.17, 15) is 8.42 Å². The summed E-state index contributed by atoms with van der Waals surface area (Å²) in [5.41, 5.74) is 0. The first-order valence-corrected chi connectivity index (χ1v) is 12.5. The fraction of sp³-hybridized carbons (Fsp3) is 0.450. The number of aryl methyl sites for hydroxylation is 1. The maximum absolute atomic E-state index is 12.4. The molecule has 8 nitrogen and oxygen atoms in total. The summed E-state index contributed by atoms with van der Waals surface area (Å²) in [6.45, 7) is 5.86. The Morgan fingerprint density at radius 1 is 1.10 bits per heavy atom. The van der Waals surface area contributed by atoms with Crippen LogP contribution in [0.1, 0.15) is 17.7 Å². The molecule has 0 aromatic carbocycles. The van der Waals surface area contributed by atoms with Crippen LogP contribution in [0.4, 0.5) is 11.6 Å². The van der Waals surface area contributed by atoms with E-state index in [1.807, 2.05) is 0 Å². The second kappa shape index (κ2) is 7.75. The van der Waals surface area contributed by atoms with Gasteiger partial charge in [0.15, 0.2) is 0 Å². The van der Waals surface area contributed by atoms with Crippen LogP contribution < -0.4 is 14.5 Å². The van der Waals surface area contributed by atoms with Crippen LogP contribution in [0.2, 0.25) is 0 Å². The van der Waals surface area contributed by atoms with Crippen LogP contribution in [0.15, 0.2) is 35.6 Å². The van der Waals surface area contributed by atoms with Gasteiger partial charge in [0.05, 0.1) is 5.39 Å². The number of anilines is 2. The molecule has 1 saturated heterocycles. The van der Waals surface area contributed by atoms with E-state index in [1.165, 1.54) is 11.1 Å². The van der Waals surface area contributed by atoms with Gasteiger partial charge in [0, 0.05) is 43.8 Å². The van der Waals surface area contributed by atoms with Gasteiger partial charge < -0.3 is 9.80 Å². The van der Waals surface area contributed by atoms with E-state index < -0.39 is 10.0 Å². The SMILES string of the molecule is Cc1cc2c(N3CCN(c4ccc(S(=O)(=O)NCC5CC5)cn4)CC3)ncnc2s1. The number of nitrogens with zero attached hydrogens (tertiary/aromatic N) is 5. The summed E-state index contributed by atoms with van der Waals surface area (Å²) < 4.78 is 27.4. The average molecular weight is 445 g/mol. The number of nitrogens with one attached hydrogen (secondary N) is 1. The molecule has 0 amide bonds. The Balaban J connectivity index is 1.25. The molecule has 0 radical (unpaired) electrons. The Labute approximate surface area is 180 Å². The molecule has 1 N–H and O–H groups in total. The van der Waals surface area contributed by atoms with E-state index in [0.29, 0.717) is 12.5 Å². The van der Waals surface area contributed by atoms with Crippen molar-refractivity contribution in [2.24, 2.45) is 5.92 Å². The Morgan fingerprint density at radius 2 is 1.87 bits per heavy atom. The van der Waals surface area contributed by atoms with Crippen LogP contribution in [-0.4, -0.2) is 56.1 Å². The normalized spacial score (nSPS) is 17.6. The highest BCUT2D eigenvalue weighted by molar-refractivity contribution is 7.89. The first kappa shape index (κ1) is 19.7. The van der Waals surface area contributed by atoms with Gasteiger partial charge in [-0.1, -0.05) is 0 Å². The summed E-state index contributed by atoms with van der Waals surface area (Å²) in [4.78, 5) is 20.3. The van der Waals surface area contributed by atoms with Crippen molar-refractivity contribution in [3.8, 4) is 0 Å². The highest BCUT2D eigenvalue weighted by Crippen LogP contribution is 2.31. The van der Waals surface area contributed by atoms with Crippen molar-refractivity contribution in [1.29, 1.82) is 0 Å². The molecule has 1 saturated carbocycles. The van der Waals surface area contributed by atoms with Crippen molar-refractivity contribution in [2.75, 3.05) is 42.5 Å². The van der Waals surface area contributed by atoms with Gasteiger partial charge in [0.1, 0.15) is 27.7 Å². The first-order valence-electron chi connectivity index (χ1n) is 10.2. The minimum atomic E-state index is -3.48. The average Bonchev–Trinajstić information content (AvgIpc) is 3.51. The van der Waals surface area contributed by atoms with Crippen LogP contribution >= 0.6 is 11.3 Å². The van der Waals surface area contributed by atoms with Gasteiger partial charge in [-0.15, -0.1) is 11.3 Å². The third kappa shape index (κ3) is 3.99. The second-order valence-corrected chi connectivity index (χ2v) is 10.9. The third-order valence-electron chi connectivity index (χ3n) is 5.62. The molecule has 0 unspecified atom stereocenters. The van der Waals surface area contributed by atoms with E-state index >= 15 is 0 Å². The van der Waals surface area contributed by atoms with Gasteiger partial charge in [-0.2, -0.15) is 0 Å². The molecule has 10 heteroatoms. The van der Waals surface area contributed by atoms with Crippen LogP contribution in [0.3, 0.4) is 0 Å². The molecule has 30 heavy (non-hydrogen) atoms. The van der Waals surface area contributed by atoms with Crippen LogP contribution in [0, 0.1) is 12.8 Å². The zero-order valence-electron chi connectivity index (χ0n) is 16.8. The predicted molar refractivity (Wildman–Crippen MR) is 119 cm³/mol. The lowest BCUT2D eigenvalue weighted by atomic mass is 10.2. The van der Waals surface area contributed by atoms with Gasteiger partial charge in [0.25, 0.3) is 0 Å². The zero-order chi connectivity index (χ0) is 20.7. The second-order valence-electron chi connectivity index (χ2n) is 7.89. The van der Waals surface area contributed by atoms with E-state index in [1.54, 1.807) is 29.8 Å². The maximum Gasteiger partial charge on any atom is 0.242 e. The molecule has 2 fully saturated rings. The minimum Gasteiger partial charge on any atom is -0.353 e. The van der Waals surface area contributed by atoms with E-state index in [-0.39, 0.29) is 4.90 Å². The molecule has 0 bridgehead atoms. The molecule has 1 aliphatic carbocycles. The van der Waals surface area contributed by atoms with Gasteiger partial charge in [-0.05, 0) is 43.9 Å². The van der Waals surface area contributed by atoms with Crippen molar-refractivity contribution in [3.63, 3.8) is 0 Å². The minimum absolute atomic E-state index is 0.224. The Kier molecular flexibility index (Phi) is 5.08. The van der Waals surface area contributed by atoms with Crippen molar-refractivity contribution in [1.82, 2.24) is 19.7 Å². The van der Waals surface area contributed by atoms with Gasteiger partial charge in [-0.25, -0.2) is 28.1 Å². The number of hydrogen-bond donors (Lipinski definition) is 1. The lowest BCUT2D eigenvalue weighted by Crippen LogP contribution is -2.47. The van der Waals surface area contributed by atoms with Gasteiger partial charge in [0.2, 0.25) is 10.0 Å². The molecule has 158 valence electrons. The highest BCUT2D eigenvalue weighted by Gasteiger charge is 2.25. The standard InChI is InChI=1S/C20H24N6O2S2/c1-14-10-17-19(22-13-23-20(17)29-14)26-8-6-25(7-9-26)18-5-4-16(12-21-18)30(27,28)24-11-15-2-3-15/h4-5,10,12-13,15,24H,2-3,6-9,11H2,1H3. The summed E-state index contributed by atoms with van der Waals surface area (Å²) in [6, 6.07) is 5.60. The van der Waals surface area contributed by atoms with Crippen molar-refractivity contribution in [2.45, 2.75) is 24.7 Å². The quantitative estimate of drug-likeness (QED) is 0.624. The summed E-state index contributed by atoms with van der Waals surface area (Å²) in [5, 5.41) is 1.11. The predicted octanol–water partition coefficient (Wildman–Crippen LogP) is 2.41. The largest absolute Gasteiger partial charge is 0.353 e. The molecule has 3 aromatic rings. The molecule has 5 rings (SSSR count). The molecule has 4 heterocycles. The fourth-order valence-corrected chi connectivity index (χ4v) is 5.62. The van der Waals surface area contributed by atoms with Crippen LogP contribution in [-0.2, 0) is 10.0 Å². The summed E-state index contributed by atoms with van der Waals surface area (Å²) in [5.74, 6) is 2.28. The number of hydrogen-bond acceptors (Lipinski definition) is 8. The fourth-order valence-electron chi connectivity index (χ4n) is 3.71. The van der Waals surface area contributed by atoms with Gasteiger partial charge >= 0.3 is 0 Å². The molecule has 0 atom stereocenters. The van der Waals surface area contributed by atoms with E-state index in [0.717, 1.165) is 60.9 Å². The van der Waals surface area contributed by atoms with E-state index in [4.69, 9.17) is 0 Å². The number of rotatable bonds is 6. The number of fused-ring (bicyclic) bond motifs is 1. The van der Waals surface area contributed by atoms with Crippen molar-refractivity contribution >= 4 is 43.2 Å². The first-order chi connectivity index (χ1) is 14.5. The summed E-state index contributed by atoms with van der Waals surface area (Å²) in [7, 11) is -3.48. The molecule has 3 aromatic heterocycles. The highest BCUT2D eigenvalue weighted by atomic mass is 32.2. The molecule has 1 aliphatic heterocycles. The van der Waals surface area contributed by atoms with Crippen LogP contribution in [0.25, 0.3) is 10.2 Å². The van der Waals surface area contributed by atoms with E-state index in [2.05, 4.69) is 42.5 Å². The Hall–Kier alpha value is -2.30. The number of piperazine rings is 1. The molecular formula is C20H24N6O2S2. The molecular weight excluding hydrogens is 420 g/mol. The monoisotopic (exact) mass is 444 g/mol. The Bertz CT molecular complexity index is 1150. The Morgan fingerprint density at radius 3 is 2.57 bits per heavy atom. The van der Waals surface area contributed by atoms with Gasteiger partial charge in [-0.3, -0.25) is 0 Å². The third-order valence-corrected chi connectivity index (χ3v) is 7.99. The summed E-state index contributed by atoms with van der Waals surface area (Å²) in [6.07, 6.45) is 5.31. The summed E-state index contributed by atoms with van der Waals surface area (Å²) >= 11 is 1.69. The number of pyridine rings is 1. The lowest BCUT2D eigenvalue weighted by molar-refractivity contribution is 0.577. The smallest absolute Gasteiger partial charge is 0.242 e. The molecule has 0 spiro atoms. The van der Waals surface area contributed by atoms with Crippen LogP contribution in [0.5, 0.6) is 0 Å².